The standard InChI is InChI=1S/C9H14N4/c1-7(2)13-9(11-6-12-13)3-8-4-10-5-8/h3,6-7,10H,4-5H2,1-2H3. The van der Waals surface area contributed by atoms with Crippen molar-refractivity contribution >= 4 is 6.08 Å². The lowest BCUT2D eigenvalue weighted by Gasteiger charge is -2.18. The average molecular weight is 178 g/mol. The van der Waals surface area contributed by atoms with Gasteiger partial charge in [0, 0.05) is 19.1 Å². The second kappa shape index (κ2) is 3.30. The SMILES string of the molecule is CC(C)n1ncnc1C=C1CNC1. The van der Waals surface area contributed by atoms with E-state index in [0.29, 0.717) is 6.04 Å². The third-order valence-corrected chi connectivity index (χ3v) is 2.13. The largest absolute Gasteiger partial charge is 0.309 e. The fraction of sp³-hybridized carbons (Fsp3) is 0.556. The highest BCUT2D eigenvalue weighted by atomic mass is 15.3. The summed E-state index contributed by atoms with van der Waals surface area (Å²) in [5.41, 5.74) is 1.40. The fourth-order valence-electron chi connectivity index (χ4n) is 1.31. The number of hydrogen-bond acceptors (Lipinski definition) is 3. The zero-order valence-electron chi connectivity index (χ0n) is 7.99. The molecule has 1 fully saturated rings. The normalized spacial score (nSPS) is 16.1. The molecule has 0 saturated carbocycles. The Labute approximate surface area is 77.7 Å². The summed E-state index contributed by atoms with van der Waals surface area (Å²) >= 11 is 0. The monoisotopic (exact) mass is 178 g/mol. The molecule has 0 aromatic carbocycles. The van der Waals surface area contributed by atoms with E-state index < -0.39 is 0 Å². The van der Waals surface area contributed by atoms with Crippen LogP contribution in [0.15, 0.2) is 11.9 Å². The van der Waals surface area contributed by atoms with E-state index in [4.69, 9.17) is 0 Å². The molecule has 1 aliphatic rings. The van der Waals surface area contributed by atoms with Gasteiger partial charge in [-0.3, -0.25) is 0 Å². The molecule has 13 heavy (non-hydrogen) atoms. The molecule has 0 atom stereocenters. The van der Waals surface area contributed by atoms with Gasteiger partial charge in [0.2, 0.25) is 0 Å². The Hall–Kier alpha value is -1.16. The lowest BCUT2D eigenvalue weighted by atomic mass is 10.1. The van der Waals surface area contributed by atoms with Crippen molar-refractivity contribution in [1.29, 1.82) is 0 Å². The summed E-state index contributed by atoms with van der Waals surface area (Å²) < 4.78 is 1.94. The second-order valence-electron chi connectivity index (χ2n) is 3.56. The molecule has 1 saturated heterocycles. The molecule has 70 valence electrons. The van der Waals surface area contributed by atoms with Gasteiger partial charge in [-0.25, -0.2) is 9.67 Å². The molecule has 1 N–H and O–H groups in total. The summed E-state index contributed by atoms with van der Waals surface area (Å²) in [5, 5.41) is 7.36. The van der Waals surface area contributed by atoms with Crippen LogP contribution in [0.5, 0.6) is 0 Å². The van der Waals surface area contributed by atoms with Crippen LogP contribution in [0, 0.1) is 0 Å². The van der Waals surface area contributed by atoms with Crippen LogP contribution in [0.1, 0.15) is 25.7 Å². The minimum absolute atomic E-state index is 0.377. The van der Waals surface area contributed by atoms with Crippen LogP contribution >= 0.6 is 0 Å². The molecule has 0 bridgehead atoms. The van der Waals surface area contributed by atoms with Gasteiger partial charge in [-0.2, -0.15) is 5.10 Å². The summed E-state index contributed by atoms with van der Waals surface area (Å²) in [6, 6.07) is 0.377. The summed E-state index contributed by atoms with van der Waals surface area (Å²) in [5.74, 6) is 0.964. The summed E-state index contributed by atoms with van der Waals surface area (Å²) in [4.78, 5) is 4.21. The highest BCUT2D eigenvalue weighted by molar-refractivity contribution is 5.48. The number of aromatic nitrogens is 3. The third kappa shape index (κ3) is 1.62. The number of nitrogens with zero attached hydrogens (tertiary/aromatic N) is 3. The molecule has 2 heterocycles. The number of nitrogens with one attached hydrogen (secondary N) is 1. The molecule has 1 aliphatic heterocycles. The van der Waals surface area contributed by atoms with Crippen molar-refractivity contribution in [1.82, 2.24) is 20.1 Å². The highest BCUT2D eigenvalue weighted by Crippen LogP contribution is 2.11. The van der Waals surface area contributed by atoms with Gasteiger partial charge in [0.25, 0.3) is 0 Å². The smallest absolute Gasteiger partial charge is 0.151 e. The molecule has 0 radical (unpaired) electrons. The van der Waals surface area contributed by atoms with E-state index in [0.717, 1.165) is 18.9 Å². The quantitative estimate of drug-likeness (QED) is 0.730. The van der Waals surface area contributed by atoms with E-state index in [-0.39, 0.29) is 0 Å². The molecule has 1 aromatic heterocycles. The summed E-state index contributed by atoms with van der Waals surface area (Å²) in [7, 11) is 0. The number of hydrogen-bond donors (Lipinski definition) is 1. The Morgan fingerprint density at radius 1 is 1.54 bits per heavy atom. The summed E-state index contributed by atoms with van der Waals surface area (Å²) in [6.45, 7) is 6.20. The zero-order valence-corrected chi connectivity index (χ0v) is 7.99. The van der Waals surface area contributed by atoms with Gasteiger partial charge >= 0.3 is 0 Å². The van der Waals surface area contributed by atoms with Crippen molar-refractivity contribution < 1.29 is 0 Å². The minimum atomic E-state index is 0.377. The first-order valence-corrected chi connectivity index (χ1v) is 4.57. The van der Waals surface area contributed by atoms with Crippen LogP contribution in [0.2, 0.25) is 0 Å². The fourth-order valence-corrected chi connectivity index (χ4v) is 1.31. The molecule has 0 spiro atoms. The molecule has 0 unspecified atom stereocenters. The predicted octanol–water partition coefficient (Wildman–Crippen LogP) is 0.846. The Kier molecular flexibility index (Phi) is 2.14. The van der Waals surface area contributed by atoms with E-state index in [1.807, 2.05) is 4.68 Å². The molecule has 0 aliphatic carbocycles. The van der Waals surface area contributed by atoms with E-state index in [2.05, 4.69) is 35.3 Å². The van der Waals surface area contributed by atoms with Crippen LogP contribution in [-0.2, 0) is 0 Å². The van der Waals surface area contributed by atoms with Crippen molar-refractivity contribution in [2.75, 3.05) is 13.1 Å². The second-order valence-corrected chi connectivity index (χ2v) is 3.56. The Bertz CT molecular complexity index is 318. The summed E-state index contributed by atoms with van der Waals surface area (Å²) in [6.07, 6.45) is 3.72. The lowest BCUT2D eigenvalue weighted by Crippen LogP contribution is -2.33. The maximum atomic E-state index is 4.21. The van der Waals surface area contributed by atoms with E-state index >= 15 is 0 Å². The molecule has 4 nitrogen and oxygen atoms in total. The van der Waals surface area contributed by atoms with Crippen molar-refractivity contribution in [2.24, 2.45) is 0 Å². The maximum absolute atomic E-state index is 4.21. The Morgan fingerprint density at radius 2 is 2.31 bits per heavy atom. The van der Waals surface area contributed by atoms with Crippen LogP contribution in [0.3, 0.4) is 0 Å². The topological polar surface area (TPSA) is 42.7 Å². The molecule has 0 amide bonds. The minimum Gasteiger partial charge on any atom is -0.309 e. The van der Waals surface area contributed by atoms with Crippen LogP contribution in [0.4, 0.5) is 0 Å². The zero-order chi connectivity index (χ0) is 9.26. The molecular formula is C9H14N4. The van der Waals surface area contributed by atoms with Gasteiger partial charge in [0.05, 0.1) is 0 Å². The van der Waals surface area contributed by atoms with Crippen LogP contribution in [-0.4, -0.2) is 27.9 Å². The first-order valence-electron chi connectivity index (χ1n) is 4.57. The first kappa shape index (κ1) is 8.44. The molecular weight excluding hydrogens is 164 g/mol. The van der Waals surface area contributed by atoms with Gasteiger partial charge in [0.1, 0.15) is 6.33 Å². The van der Waals surface area contributed by atoms with Crippen molar-refractivity contribution in [3.05, 3.63) is 17.7 Å². The van der Waals surface area contributed by atoms with E-state index in [1.165, 1.54) is 5.57 Å². The van der Waals surface area contributed by atoms with Gasteiger partial charge in [0.15, 0.2) is 5.82 Å². The highest BCUT2D eigenvalue weighted by Gasteiger charge is 2.10. The Balaban J connectivity index is 2.23. The maximum Gasteiger partial charge on any atom is 0.151 e. The van der Waals surface area contributed by atoms with Crippen LogP contribution < -0.4 is 5.32 Å². The number of rotatable bonds is 2. The van der Waals surface area contributed by atoms with Gasteiger partial charge < -0.3 is 5.32 Å². The van der Waals surface area contributed by atoms with Gasteiger partial charge in [-0.15, -0.1) is 0 Å². The average Bonchev–Trinajstić information content (AvgIpc) is 2.44. The van der Waals surface area contributed by atoms with Crippen molar-refractivity contribution in [3.8, 4) is 0 Å². The van der Waals surface area contributed by atoms with E-state index in [1.54, 1.807) is 6.33 Å². The van der Waals surface area contributed by atoms with Gasteiger partial charge in [-0.1, -0.05) is 0 Å². The Morgan fingerprint density at radius 3 is 2.85 bits per heavy atom. The molecule has 1 aromatic rings. The predicted molar refractivity (Wildman–Crippen MR) is 51.3 cm³/mol. The molecule has 4 heteroatoms. The lowest BCUT2D eigenvalue weighted by molar-refractivity contribution is 0.525. The van der Waals surface area contributed by atoms with Gasteiger partial charge in [-0.05, 0) is 25.5 Å². The molecule has 2 rings (SSSR count). The third-order valence-electron chi connectivity index (χ3n) is 2.13. The first-order chi connectivity index (χ1) is 6.27. The van der Waals surface area contributed by atoms with E-state index in [9.17, 15) is 0 Å². The van der Waals surface area contributed by atoms with Crippen molar-refractivity contribution in [2.45, 2.75) is 19.9 Å². The van der Waals surface area contributed by atoms with Crippen LogP contribution in [0.25, 0.3) is 6.08 Å². The van der Waals surface area contributed by atoms with Crippen molar-refractivity contribution in [3.63, 3.8) is 0 Å².